The smallest absolute Gasteiger partial charge is 0.491 e. The maximum absolute atomic E-state index is 12.7. The molecule has 0 unspecified atom stereocenters. The van der Waals surface area contributed by atoms with Crippen molar-refractivity contribution in [2.45, 2.75) is 19.0 Å². The highest BCUT2D eigenvalue weighted by atomic mass is 19.4. The van der Waals surface area contributed by atoms with Crippen LogP contribution in [0.15, 0.2) is 53.3 Å². The van der Waals surface area contributed by atoms with Gasteiger partial charge in [0.25, 0.3) is 5.56 Å². The van der Waals surface area contributed by atoms with E-state index in [-0.39, 0.29) is 24.4 Å². The summed E-state index contributed by atoms with van der Waals surface area (Å²) in [7, 11) is 2.83. The summed E-state index contributed by atoms with van der Waals surface area (Å²) < 4.78 is 48.9. The first-order valence-electron chi connectivity index (χ1n) is 9.49. The number of nitrogens with two attached hydrogens (primary N) is 1. The molecule has 0 fully saturated rings. The van der Waals surface area contributed by atoms with E-state index < -0.39 is 23.6 Å². The first-order valence-corrected chi connectivity index (χ1v) is 9.49. The molecule has 0 radical (unpaired) electrons. The molecule has 0 aliphatic heterocycles. The molecule has 0 saturated carbocycles. The molecule has 1 heterocycles. The fourth-order valence-corrected chi connectivity index (χ4v) is 3.22. The maximum atomic E-state index is 12.7. The van der Waals surface area contributed by atoms with Crippen molar-refractivity contribution in [2.24, 2.45) is 7.05 Å². The van der Waals surface area contributed by atoms with Crippen LogP contribution in [0.2, 0.25) is 0 Å². The largest absolute Gasteiger partial charge is 0.496 e. The molecular weight excluding hydrogens is 427 g/mol. The Morgan fingerprint density at radius 3 is 2.41 bits per heavy atom. The average molecular weight is 447 g/mol. The summed E-state index contributed by atoms with van der Waals surface area (Å²) in [6.45, 7) is 0. The van der Waals surface area contributed by atoms with Gasteiger partial charge >= 0.3 is 12.1 Å². The fraction of sp³-hybridized carbons (Fsp3) is 0.227. The van der Waals surface area contributed by atoms with Crippen molar-refractivity contribution in [3.8, 4) is 22.8 Å². The first kappa shape index (κ1) is 22.9. The molecule has 2 N–H and O–H groups in total. The normalized spacial score (nSPS) is 11.3. The van der Waals surface area contributed by atoms with Crippen molar-refractivity contribution in [1.82, 2.24) is 9.55 Å². The van der Waals surface area contributed by atoms with Crippen LogP contribution in [-0.4, -0.2) is 28.8 Å². The van der Waals surface area contributed by atoms with Crippen LogP contribution >= 0.6 is 0 Å². The molecule has 32 heavy (non-hydrogen) atoms. The van der Waals surface area contributed by atoms with Gasteiger partial charge in [0.05, 0.1) is 12.7 Å². The third-order valence-electron chi connectivity index (χ3n) is 4.83. The van der Waals surface area contributed by atoms with Gasteiger partial charge in [-0.3, -0.25) is 9.36 Å². The summed E-state index contributed by atoms with van der Waals surface area (Å²) in [5.41, 5.74) is 7.10. The maximum Gasteiger partial charge on any atom is 0.491 e. The van der Waals surface area contributed by atoms with E-state index in [4.69, 9.17) is 10.5 Å². The van der Waals surface area contributed by atoms with Crippen molar-refractivity contribution in [2.75, 3.05) is 12.8 Å². The number of hydrogen-bond donors (Lipinski definition) is 1. The van der Waals surface area contributed by atoms with Gasteiger partial charge in [-0.15, -0.1) is 0 Å². The summed E-state index contributed by atoms with van der Waals surface area (Å²) >= 11 is 0. The van der Waals surface area contributed by atoms with Crippen LogP contribution < -0.4 is 20.8 Å². The van der Waals surface area contributed by atoms with Gasteiger partial charge in [0.1, 0.15) is 5.75 Å². The third kappa shape index (κ3) is 4.74. The zero-order chi connectivity index (χ0) is 23.5. The molecule has 0 aliphatic rings. The number of methoxy groups -OCH3 is 1. The number of para-hydroxylation sites is 1. The van der Waals surface area contributed by atoms with Crippen molar-refractivity contribution < 1.29 is 27.4 Å². The van der Waals surface area contributed by atoms with Gasteiger partial charge in [-0.05, 0) is 24.0 Å². The SMILES string of the molecule is COc1c(CCc2c(OC(=O)C(F)(F)F)nc(N)n(C)c2=O)cccc1-c1ccccc1. The lowest BCUT2D eigenvalue weighted by Gasteiger charge is -2.15. The topological polar surface area (TPSA) is 96.4 Å². The van der Waals surface area contributed by atoms with Crippen molar-refractivity contribution in [3.05, 3.63) is 70.0 Å². The highest BCUT2D eigenvalue weighted by molar-refractivity contribution is 5.78. The minimum Gasteiger partial charge on any atom is -0.496 e. The molecule has 1 aromatic heterocycles. The third-order valence-corrected chi connectivity index (χ3v) is 4.83. The van der Waals surface area contributed by atoms with Gasteiger partial charge in [-0.25, -0.2) is 4.79 Å². The summed E-state index contributed by atoms with van der Waals surface area (Å²) in [5.74, 6) is -3.06. The van der Waals surface area contributed by atoms with Crippen LogP contribution in [0.3, 0.4) is 0 Å². The van der Waals surface area contributed by atoms with E-state index in [0.717, 1.165) is 15.7 Å². The molecule has 10 heteroatoms. The number of halogens is 3. The molecule has 3 rings (SSSR count). The summed E-state index contributed by atoms with van der Waals surface area (Å²) in [6, 6.07) is 14.9. The minimum absolute atomic E-state index is 0.0605. The van der Waals surface area contributed by atoms with E-state index in [0.29, 0.717) is 11.3 Å². The van der Waals surface area contributed by atoms with Crippen LogP contribution in [-0.2, 0) is 24.7 Å². The van der Waals surface area contributed by atoms with Crippen molar-refractivity contribution >= 4 is 11.9 Å². The number of aryl methyl sites for hydroxylation is 1. The van der Waals surface area contributed by atoms with Gasteiger partial charge in [-0.1, -0.05) is 48.5 Å². The van der Waals surface area contributed by atoms with Gasteiger partial charge in [0, 0.05) is 12.6 Å². The van der Waals surface area contributed by atoms with E-state index in [1.165, 1.54) is 14.2 Å². The first-order chi connectivity index (χ1) is 15.1. The second kappa shape index (κ2) is 9.13. The number of anilines is 1. The van der Waals surface area contributed by atoms with E-state index >= 15 is 0 Å². The Balaban J connectivity index is 1.98. The zero-order valence-corrected chi connectivity index (χ0v) is 17.3. The number of carbonyl (C=O) groups is 1. The van der Waals surface area contributed by atoms with Crippen LogP contribution in [0.25, 0.3) is 11.1 Å². The Hall–Kier alpha value is -3.82. The molecular formula is C22H20F3N3O4. The van der Waals surface area contributed by atoms with Crippen LogP contribution in [0.4, 0.5) is 19.1 Å². The highest BCUT2D eigenvalue weighted by Gasteiger charge is 2.42. The van der Waals surface area contributed by atoms with E-state index in [1.807, 2.05) is 42.5 Å². The van der Waals surface area contributed by atoms with Crippen molar-refractivity contribution in [1.29, 1.82) is 0 Å². The van der Waals surface area contributed by atoms with Gasteiger partial charge in [0.2, 0.25) is 11.8 Å². The summed E-state index contributed by atoms with van der Waals surface area (Å²) in [4.78, 5) is 27.6. The Morgan fingerprint density at radius 2 is 1.78 bits per heavy atom. The van der Waals surface area contributed by atoms with Crippen LogP contribution in [0.1, 0.15) is 11.1 Å². The van der Waals surface area contributed by atoms with E-state index in [9.17, 15) is 22.8 Å². The van der Waals surface area contributed by atoms with Gasteiger partial charge < -0.3 is 15.2 Å². The van der Waals surface area contributed by atoms with Crippen molar-refractivity contribution in [3.63, 3.8) is 0 Å². The molecule has 0 saturated heterocycles. The number of nitrogens with zero attached hydrogens (tertiary/aromatic N) is 2. The minimum atomic E-state index is -5.25. The lowest BCUT2D eigenvalue weighted by Crippen LogP contribution is -2.32. The van der Waals surface area contributed by atoms with Crippen LogP contribution in [0, 0.1) is 0 Å². The molecule has 0 aliphatic carbocycles. The number of nitrogen functional groups attached to an aromatic ring is 1. The predicted octanol–water partition coefficient (Wildman–Crippen LogP) is 3.29. The highest BCUT2D eigenvalue weighted by Crippen LogP contribution is 2.34. The number of aromatic nitrogens is 2. The fourth-order valence-electron chi connectivity index (χ4n) is 3.22. The number of rotatable bonds is 6. The molecule has 0 spiro atoms. The monoisotopic (exact) mass is 447 g/mol. The predicted molar refractivity (Wildman–Crippen MR) is 111 cm³/mol. The molecule has 3 aromatic rings. The number of ether oxygens (including phenoxy) is 2. The molecule has 7 nitrogen and oxygen atoms in total. The number of benzene rings is 2. The lowest BCUT2D eigenvalue weighted by atomic mass is 9.98. The van der Waals surface area contributed by atoms with E-state index in [1.54, 1.807) is 6.07 Å². The van der Waals surface area contributed by atoms with Crippen LogP contribution in [0.5, 0.6) is 11.6 Å². The lowest BCUT2D eigenvalue weighted by molar-refractivity contribution is -0.190. The Bertz CT molecular complexity index is 1190. The second-order valence-electron chi connectivity index (χ2n) is 6.87. The number of carbonyl (C=O) groups excluding carboxylic acids is 1. The van der Waals surface area contributed by atoms with Gasteiger partial charge in [-0.2, -0.15) is 18.2 Å². The molecule has 168 valence electrons. The number of esters is 1. The molecule has 0 bridgehead atoms. The average Bonchev–Trinajstić information content (AvgIpc) is 2.77. The number of alkyl halides is 3. The summed E-state index contributed by atoms with van der Waals surface area (Å²) in [5, 5.41) is 0. The molecule has 2 aromatic carbocycles. The van der Waals surface area contributed by atoms with Gasteiger partial charge in [0.15, 0.2) is 0 Å². The quantitative estimate of drug-likeness (QED) is 0.583. The summed E-state index contributed by atoms with van der Waals surface area (Å²) in [6.07, 6.45) is -5.10. The molecule has 0 amide bonds. The Kier molecular flexibility index (Phi) is 6.52. The Morgan fingerprint density at radius 1 is 1.09 bits per heavy atom. The molecule has 0 atom stereocenters. The number of hydrogen-bond acceptors (Lipinski definition) is 6. The van der Waals surface area contributed by atoms with E-state index in [2.05, 4.69) is 9.72 Å². The second-order valence-corrected chi connectivity index (χ2v) is 6.87. The zero-order valence-electron chi connectivity index (χ0n) is 17.3. The Labute approximate surface area is 181 Å². The standard InChI is InChI=1S/C22H20F3N3O4/c1-28-19(29)16(18(27-21(28)26)32-20(30)22(23,24)25)12-11-14-9-6-10-15(17(14)31-2)13-7-4-3-5-8-13/h3-10H,11-12H2,1-2H3,(H2,26,27).